The van der Waals surface area contributed by atoms with Crippen molar-refractivity contribution in [1.29, 1.82) is 10.5 Å². The minimum atomic E-state index is -0.553. The first-order valence-electron chi connectivity index (χ1n) is 18.1. The molecular formula is C42H32F2N14O2. The number of pyridine rings is 2. The molecule has 60 heavy (non-hydrogen) atoms. The molecule has 8 rings (SSSR count). The molecular weight excluding hydrogens is 771 g/mol. The first-order chi connectivity index (χ1) is 29.0. The molecule has 0 aliphatic rings. The van der Waals surface area contributed by atoms with E-state index < -0.39 is 23.7 Å². The lowest BCUT2D eigenvalue weighted by Gasteiger charge is -2.19. The molecule has 18 heteroatoms. The second kappa shape index (κ2) is 16.8. The molecule has 2 atom stereocenters. The molecule has 6 heterocycles. The molecule has 0 amide bonds. The summed E-state index contributed by atoms with van der Waals surface area (Å²) < 4.78 is 30.6. The third kappa shape index (κ3) is 7.84. The Morgan fingerprint density at radius 1 is 0.617 bits per heavy atom. The third-order valence-electron chi connectivity index (χ3n) is 9.25. The van der Waals surface area contributed by atoms with Crippen molar-refractivity contribution in [3.8, 4) is 34.4 Å². The van der Waals surface area contributed by atoms with Gasteiger partial charge in [0, 0.05) is 12.4 Å². The Kier molecular flexibility index (Phi) is 11.1. The molecule has 16 nitrogen and oxygen atoms in total. The van der Waals surface area contributed by atoms with Crippen molar-refractivity contribution < 1.29 is 8.78 Å². The Labute approximate surface area is 339 Å². The van der Waals surface area contributed by atoms with Crippen LogP contribution in [0.1, 0.15) is 48.4 Å². The fraction of sp³-hybridized carbons (Fsp3) is 0.0952. The third-order valence-corrected chi connectivity index (χ3v) is 9.25. The van der Waals surface area contributed by atoms with Gasteiger partial charge in [-0.2, -0.15) is 10.5 Å². The van der Waals surface area contributed by atoms with Crippen LogP contribution in [-0.4, -0.2) is 38.7 Å². The van der Waals surface area contributed by atoms with Crippen molar-refractivity contribution in [1.82, 2.24) is 38.7 Å². The first-order valence-corrected chi connectivity index (χ1v) is 18.1. The fourth-order valence-electron chi connectivity index (χ4n) is 6.45. The Hall–Kier alpha value is -8.64. The smallest absolute Gasteiger partial charge is 0.266 e. The van der Waals surface area contributed by atoms with Gasteiger partial charge < -0.3 is 22.1 Å². The number of anilines is 4. The van der Waals surface area contributed by atoms with E-state index in [1.165, 1.54) is 57.9 Å². The lowest BCUT2D eigenvalue weighted by atomic mass is 10.0. The molecule has 6 N–H and O–H groups in total. The van der Waals surface area contributed by atoms with Gasteiger partial charge in [0.15, 0.2) is 0 Å². The minimum absolute atomic E-state index is 0.0408. The zero-order valence-electron chi connectivity index (χ0n) is 31.7. The number of benzene rings is 2. The van der Waals surface area contributed by atoms with Gasteiger partial charge in [0.2, 0.25) is 0 Å². The van der Waals surface area contributed by atoms with E-state index in [4.69, 9.17) is 11.5 Å². The van der Waals surface area contributed by atoms with Gasteiger partial charge in [0.25, 0.3) is 11.1 Å². The fourth-order valence-corrected chi connectivity index (χ4v) is 6.45. The van der Waals surface area contributed by atoms with Gasteiger partial charge in [0.1, 0.15) is 82.1 Å². The second-order valence-corrected chi connectivity index (χ2v) is 13.2. The van der Waals surface area contributed by atoms with Gasteiger partial charge in [-0.05, 0) is 73.5 Å². The number of nitrogens with zero attached hydrogens (tertiary/aromatic N) is 10. The van der Waals surface area contributed by atoms with E-state index in [1.54, 1.807) is 74.8 Å². The SMILES string of the molecule is CC(Nc1ncnc(N)c1C#N)c1nc2ccccn2c(=O)c1-c1cccc(F)c1.C[C@H](Nc1ncnc(N)c1C#N)c1nc2ccccn2c(=O)c1-c1cccc(F)c1. The molecule has 6 aromatic heterocycles. The summed E-state index contributed by atoms with van der Waals surface area (Å²) in [6.45, 7) is 3.53. The van der Waals surface area contributed by atoms with Crippen molar-refractivity contribution in [2.75, 3.05) is 22.1 Å². The van der Waals surface area contributed by atoms with Crippen LogP contribution in [0.25, 0.3) is 33.5 Å². The number of nitrogens with one attached hydrogen (secondary N) is 2. The average molecular weight is 803 g/mol. The minimum Gasteiger partial charge on any atom is -0.382 e. The summed E-state index contributed by atoms with van der Waals surface area (Å²) in [6.07, 6.45) is 5.69. The number of hydrogen-bond donors (Lipinski definition) is 4. The molecule has 296 valence electrons. The maximum Gasteiger partial charge on any atom is 0.266 e. The molecule has 0 spiro atoms. The van der Waals surface area contributed by atoms with E-state index in [0.29, 0.717) is 33.8 Å². The Bertz CT molecular complexity index is 2930. The molecule has 0 bridgehead atoms. The normalized spacial score (nSPS) is 11.8. The number of rotatable bonds is 8. The molecule has 0 saturated heterocycles. The topological polar surface area (TPSA) is 244 Å². The van der Waals surface area contributed by atoms with Crippen LogP contribution in [0.5, 0.6) is 0 Å². The van der Waals surface area contributed by atoms with Crippen LogP contribution in [0.15, 0.2) is 120 Å². The Morgan fingerprint density at radius 3 is 1.42 bits per heavy atom. The predicted octanol–water partition coefficient (Wildman–Crippen LogP) is 5.84. The monoisotopic (exact) mass is 802 g/mol. The van der Waals surface area contributed by atoms with E-state index in [-0.39, 0.29) is 56.6 Å². The van der Waals surface area contributed by atoms with Crippen molar-refractivity contribution in [3.63, 3.8) is 0 Å². The van der Waals surface area contributed by atoms with Crippen LogP contribution in [0, 0.1) is 34.3 Å². The first kappa shape index (κ1) is 39.6. The van der Waals surface area contributed by atoms with Crippen LogP contribution in [0.2, 0.25) is 0 Å². The summed E-state index contributed by atoms with van der Waals surface area (Å²) in [4.78, 5) is 51.6. The van der Waals surface area contributed by atoms with Crippen molar-refractivity contribution in [2.24, 2.45) is 0 Å². The van der Waals surface area contributed by atoms with Crippen LogP contribution in [-0.2, 0) is 0 Å². The summed E-state index contributed by atoms with van der Waals surface area (Å²) in [5, 5.41) is 24.9. The van der Waals surface area contributed by atoms with Crippen molar-refractivity contribution in [3.05, 3.63) is 165 Å². The number of nitriles is 2. The number of nitrogen functional groups attached to an aromatic ring is 2. The quantitative estimate of drug-likeness (QED) is 0.141. The number of nitrogens with two attached hydrogens (primary N) is 2. The van der Waals surface area contributed by atoms with E-state index in [1.807, 2.05) is 12.1 Å². The Balaban J connectivity index is 0.000000181. The summed E-state index contributed by atoms with van der Waals surface area (Å²) in [5.41, 5.74) is 14.0. The molecule has 0 fully saturated rings. The van der Waals surface area contributed by atoms with E-state index >= 15 is 0 Å². The highest BCUT2D eigenvalue weighted by molar-refractivity contribution is 5.71. The van der Waals surface area contributed by atoms with Crippen LogP contribution in [0.4, 0.5) is 32.1 Å². The number of aromatic nitrogens is 8. The summed E-state index contributed by atoms with van der Waals surface area (Å²) in [5.74, 6) is -0.410. The van der Waals surface area contributed by atoms with Crippen LogP contribution in [0.3, 0.4) is 0 Å². The molecule has 0 aliphatic carbocycles. The number of hydrogen-bond acceptors (Lipinski definition) is 14. The summed E-state index contributed by atoms with van der Waals surface area (Å²) in [7, 11) is 0. The van der Waals surface area contributed by atoms with Gasteiger partial charge in [-0.1, -0.05) is 36.4 Å². The second-order valence-electron chi connectivity index (χ2n) is 13.2. The van der Waals surface area contributed by atoms with Crippen LogP contribution >= 0.6 is 0 Å². The maximum atomic E-state index is 13.9. The Morgan fingerprint density at radius 2 is 1.03 bits per heavy atom. The van der Waals surface area contributed by atoms with E-state index in [2.05, 4.69) is 40.5 Å². The van der Waals surface area contributed by atoms with E-state index in [0.717, 1.165) is 0 Å². The molecule has 0 radical (unpaired) electrons. The van der Waals surface area contributed by atoms with Crippen molar-refractivity contribution in [2.45, 2.75) is 25.9 Å². The van der Waals surface area contributed by atoms with Gasteiger partial charge >= 0.3 is 0 Å². The molecule has 2 aromatic carbocycles. The van der Waals surface area contributed by atoms with Crippen LogP contribution < -0.4 is 33.2 Å². The lowest BCUT2D eigenvalue weighted by molar-refractivity contribution is 0.628. The highest BCUT2D eigenvalue weighted by Crippen LogP contribution is 2.30. The number of fused-ring (bicyclic) bond motifs is 2. The van der Waals surface area contributed by atoms with Gasteiger partial charge in [-0.3, -0.25) is 18.4 Å². The highest BCUT2D eigenvalue weighted by atomic mass is 19.1. The van der Waals surface area contributed by atoms with Gasteiger partial charge in [-0.15, -0.1) is 0 Å². The average Bonchev–Trinajstić information content (AvgIpc) is 3.24. The summed E-state index contributed by atoms with van der Waals surface area (Å²) >= 11 is 0. The molecule has 0 aliphatic heterocycles. The summed E-state index contributed by atoms with van der Waals surface area (Å²) in [6, 6.07) is 24.8. The zero-order valence-corrected chi connectivity index (χ0v) is 31.7. The number of halogens is 2. The highest BCUT2D eigenvalue weighted by Gasteiger charge is 2.23. The lowest BCUT2D eigenvalue weighted by Crippen LogP contribution is -2.23. The molecule has 0 saturated carbocycles. The zero-order chi connectivity index (χ0) is 42.5. The molecule has 8 aromatic rings. The largest absolute Gasteiger partial charge is 0.382 e. The van der Waals surface area contributed by atoms with E-state index in [9.17, 15) is 28.9 Å². The van der Waals surface area contributed by atoms with Gasteiger partial charge in [-0.25, -0.2) is 38.7 Å². The maximum absolute atomic E-state index is 13.9. The van der Waals surface area contributed by atoms with Crippen molar-refractivity contribution >= 4 is 34.6 Å². The molecule has 1 unspecified atom stereocenters. The predicted molar refractivity (Wildman–Crippen MR) is 220 cm³/mol. The standard InChI is InChI=1S/2C21H16FN7O/c2*1-12(27-20-15(10-23)19(24)25-11-26-20)18-17(13-5-4-6-14(22)9-13)21(30)29-8-3-2-7-16(29)28-18/h2*2-9,11-12H,1H3,(H3,24,25,26,27)/t12-;/m0./s1. The van der Waals surface area contributed by atoms with Gasteiger partial charge in [0.05, 0.1) is 34.6 Å².